The monoisotopic (exact) mass is 262 g/mol. The van der Waals surface area contributed by atoms with E-state index in [0.717, 1.165) is 13.0 Å². The first-order valence-electron chi connectivity index (χ1n) is 5.91. The molecule has 1 amide bonds. The second kappa shape index (κ2) is 4.94. The maximum absolute atomic E-state index is 12.0. The molecule has 100 valence electrons. The first-order chi connectivity index (χ1) is 7.69. The Hall–Kier alpha value is -0.620. The lowest BCUT2D eigenvalue weighted by atomic mass is 10.2. The van der Waals surface area contributed by atoms with Crippen LogP contribution >= 0.6 is 0 Å². The fourth-order valence-corrected chi connectivity index (χ4v) is 2.30. The van der Waals surface area contributed by atoms with Gasteiger partial charge in [-0.3, -0.25) is 4.79 Å². The van der Waals surface area contributed by atoms with Crippen LogP contribution in [0.3, 0.4) is 0 Å². The SMILES string of the molecule is CCNC1CCN(CC(C)(C)S(C)(=O)=O)C1=O. The number of carbonyl (C=O) groups excluding carboxylic acids is 1. The number of nitrogens with one attached hydrogen (secondary N) is 1. The van der Waals surface area contributed by atoms with Crippen molar-refractivity contribution >= 4 is 15.7 Å². The Morgan fingerprint density at radius 1 is 1.47 bits per heavy atom. The topological polar surface area (TPSA) is 66.5 Å². The van der Waals surface area contributed by atoms with Crippen LogP contribution in [0.15, 0.2) is 0 Å². The number of hydrogen-bond acceptors (Lipinski definition) is 4. The van der Waals surface area contributed by atoms with E-state index in [4.69, 9.17) is 0 Å². The molecule has 1 aliphatic heterocycles. The zero-order valence-electron chi connectivity index (χ0n) is 11.0. The Kier molecular flexibility index (Phi) is 4.19. The summed E-state index contributed by atoms with van der Waals surface area (Å²) in [6.45, 7) is 6.94. The lowest BCUT2D eigenvalue weighted by molar-refractivity contribution is -0.129. The molecule has 0 saturated carbocycles. The summed E-state index contributed by atoms with van der Waals surface area (Å²) in [5, 5.41) is 3.11. The second-order valence-corrected chi connectivity index (χ2v) is 7.84. The average Bonchev–Trinajstić information content (AvgIpc) is 2.48. The van der Waals surface area contributed by atoms with Crippen LogP contribution in [0.25, 0.3) is 0 Å². The third kappa shape index (κ3) is 3.19. The molecule has 0 bridgehead atoms. The number of carbonyl (C=O) groups is 1. The fourth-order valence-electron chi connectivity index (χ4n) is 1.91. The summed E-state index contributed by atoms with van der Waals surface area (Å²) in [4.78, 5) is 13.6. The highest BCUT2D eigenvalue weighted by Crippen LogP contribution is 2.20. The van der Waals surface area contributed by atoms with Crippen LogP contribution in [-0.2, 0) is 14.6 Å². The van der Waals surface area contributed by atoms with E-state index in [2.05, 4.69) is 5.32 Å². The van der Waals surface area contributed by atoms with Crippen LogP contribution in [0.4, 0.5) is 0 Å². The zero-order chi connectivity index (χ0) is 13.3. The van der Waals surface area contributed by atoms with Crippen LogP contribution in [-0.4, -0.2) is 55.9 Å². The van der Waals surface area contributed by atoms with Gasteiger partial charge in [-0.25, -0.2) is 8.42 Å². The van der Waals surface area contributed by atoms with Crippen LogP contribution in [0.5, 0.6) is 0 Å². The van der Waals surface area contributed by atoms with Crippen molar-refractivity contribution < 1.29 is 13.2 Å². The third-order valence-corrected chi connectivity index (χ3v) is 5.46. The molecule has 1 heterocycles. The average molecular weight is 262 g/mol. The molecule has 6 heteroatoms. The third-order valence-electron chi connectivity index (χ3n) is 3.32. The molecule has 1 aliphatic rings. The van der Waals surface area contributed by atoms with Crippen molar-refractivity contribution in [2.45, 2.75) is 38.0 Å². The van der Waals surface area contributed by atoms with Crippen molar-refractivity contribution in [3.8, 4) is 0 Å². The summed E-state index contributed by atoms with van der Waals surface area (Å²) >= 11 is 0. The quantitative estimate of drug-likeness (QED) is 0.758. The van der Waals surface area contributed by atoms with E-state index in [1.807, 2.05) is 6.92 Å². The van der Waals surface area contributed by atoms with E-state index < -0.39 is 14.6 Å². The molecule has 1 N–H and O–H groups in total. The van der Waals surface area contributed by atoms with Gasteiger partial charge in [0.1, 0.15) is 0 Å². The maximum atomic E-state index is 12.0. The largest absolute Gasteiger partial charge is 0.340 e. The van der Waals surface area contributed by atoms with E-state index in [-0.39, 0.29) is 18.5 Å². The number of amides is 1. The Morgan fingerprint density at radius 2 is 2.06 bits per heavy atom. The molecule has 1 atom stereocenters. The molecule has 0 aromatic rings. The molecule has 1 rings (SSSR count). The Balaban J connectivity index is 2.69. The van der Waals surface area contributed by atoms with Crippen molar-refractivity contribution in [1.29, 1.82) is 0 Å². The first kappa shape index (κ1) is 14.4. The summed E-state index contributed by atoms with van der Waals surface area (Å²) in [6, 6.07) is -0.143. The van der Waals surface area contributed by atoms with E-state index in [9.17, 15) is 13.2 Å². The van der Waals surface area contributed by atoms with Crippen LogP contribution in [0, 0.1) is 0 Å². The Morgan fingerprint density at radius 3 is 2.53 bits per heavy atom. The Bertz CT molecular complexity index is 390. The van der Waals surface area contributed by atoms with Gasteiger partial charge in [0.15, 0.2) is 9.84 Å². The summed E-state index contributed by atoms with van der Waals surface area (Å²) in [6.07, 6.45) is 1.97. The van der Waals surface area contributed by atoms with Gasteiger partial charge in [-0.2, -0.15) is 0 Å². The van der Waals surface area contributed by atoms with Crippen molar-refractivity contribution in [3.05, 3.63) is 0 Å². The van der Waals surface area contributed by atoms with Gasteiger partial charge in [-0.15, -0.1) is 0 Å². The normalized spacial score (nSPS) is 22.2. The molecule has 1 fully saturated rings. The molecule has 17 heavy (non-hydrogen) atoms. The minimum absolute atomic E-state index is 0.0172. The predicted octanol–water partition coefficient (Wildman–Crippen LogP) is 0.0200. The number of rotatable bonds is 5. The summed E-state index contributed by atoms with van der Waals surface area (Å²) in [7, 11) is -3.16. The van der Waals surface area contributed by atoms with E-state index in [1.165, 1.54) is 6.26 Å². The molecule has 0 aromatic carbocycles. The van der Waals surface area contributed by atoms with Crippen molar-refractivity contribution in [1.82, 2.24) is 10.2 Å². The minimum Gasteiger partial charge on any atom is -0.340 e. The first-order valence-corrected chi connectivity index (χ1v) is 7.80. The molecular weight excluding hydrogens is 240 g/mol. The number of likely N-dealkylation sites (tertiary alicyclic amines) is 1. The van der Waals surface area contributed by atoms with Gasteiger partial charge < -0.3 is 10.2 Å². The smallest absolute Gasteiger partial charge is 0.239 e. The molecule has 0 aliphatic carbocycles. The van der Waals surface area contributed by atoms with E-state index >= 15 is 0 Å². The summed E-state index contributed by atoms with van der Waals surface area (Å²) < 4.78 is 22.3. The zero-order valence-corrected chi connectivity index (χ0v) is 11.8. The highest BCUT2D eigenvalue weighted by Gasteiger charge is 2.38. The highest BCUT2D eigenvalue weighted by atomic mass is 32.2. The number of likely N-dealkylation sites (N-methyl/N-ethyl adjacent to an activating group) is 1. The number of nitrogens with zero attached hydrogens (tertiary/aromatic N) is 1. The minimum atomic E-state index is -3.16. The predicted molar refractivity (Wildman–Crippen MR) is 67.6 cm³/mol. The van der Waals surface area contributed by atoms with Crippen LogP contribution in [0.1, 0.15) is 27.2 Å². The molecule has 5 nitrogen and oxygen atoms in total. The van der Waals surface area contributed by atoms with Crippen molar-refractivity contribution in [2.24, 2.45) is 0 Å². The highest BCUT2D eigenvalue weighted by molar-refractivity contribution is 7.92. The molecule has 1 unspecified atom stereocenters. The van der Waals surface area contributed by atoms with Crippen LogP contribution in [0.2, 0.25) is 0 Å². The van der Waals surface area contributed by atoms with Gasteiger partial charge in [0, 0.05) is 19.3 Å². The van der Waals surface area contributed by atoms with E-state index in [0.29, 0.717) is 6.54 Å². The van der Waals surface area contributed by atoms with Crippen molar-refractivity contribution in [3.63, 3.8) is 0 Å². The number of hydrogen-bond donors (Lipinski definition) is 1. The van der Waals surface area contributed by atoms with Gasteiger partial charge in [0.05, 0.1) is 10.8 Å². The van der Waals surface area contributed by atoms with Gasteiger partial charge >= 0.3 is 0 Å². The molecule has 0 aromatic heterocycles. The van der Waals surface area contributed by atoms with E-state index in [1.54, 1.807) is 18.7 Å². The van der Waals surface area contributed by atoms with Crippen molar-refractivity contribution in [2.75, 3.05) is 25.9 Å². The molecule has 0 spiro atoms. The lowest BCUT2D eigenvalue weighted by Gasteiger charge is -2.28. The lowest BCUT2D eigenvalue weighted by Crippen LogP contribution is -2.47. The summed E-state index contributed by atoms with van der Waals surface area (Å²) in [5.74, 6) is 0.0172. The van der Waals surface area contributed by atoms with Gasteiger partial charge in [-0.05, 0) is 26.8 Å². The standard InChI is InChI=1S/C11H22N2O3S/c1-5-12-9-6-7-13(10(9)14)8-11(2,3)17(4,15)16/h9,12H,5-8H2,1-4H3. The number of sulfone groups is 1. The second-order valence-electron chi connectivity index (χ2n) is 5.19. The van der Waals surface area contributed by atoms with Crippen LogP contribution < -0.4 is 5.32 Å². The molecule has 1 saturated heterocycles. The van der Waals surface area contributed by atoms with Gasteiger partial charge in [-0.1, -0.05) is 6.92 Å². The Labute approximate surface area is 103 Å². The fraction of sp³-hybridized carbons (Fsp3) is 0.909. The maximum Gasteiger partial charge on any atom is 0.239 e. The molecular formula is C11H22N2O3S. The summed E-state index contributed by atoms with van der Waals surface area (Å²) in [5.41, 5.74) is 0. The van der Waals surface area contributed by atoms with Gasteiger partial charge in [0.2, 0.25) is 5.91 Å². The van der Waals surface area contributed by atoms with Gasteiger partial charge in [0.25, 0.3) is 0 Å². The molecule has 0 radical (unpaired) electrons.